The van der Waals surface area contributed by atoms with Crippen molar-refractivity contribution in [2.45, 2.75) is 24.5 Å². The van der Waals surface area contributed by atoms with E-state index in [1.807, 2.05) is 0 Å². The third-order valence-corrected chi connectivity index (χ3v) is 5.62. The zero-order valence-corrected chi connectivity index (χ0v) is 17.2. The second-order valence-electron chi connectivity index (χ2n) is 6.91. The SMILES string of the molecule is Nc1nc([O-])c2ncn([C@@H]3O[C@H](COP(=O)(O)On4nnc5cccnc54)[C@@H](O)[C@H]3O)c2n1. The number of phosphoric ester groups is 1. The van der Waals surface area contributed by atoms with Gasteiger partial charge >= 0.3 is 7.82 Å². The molecule has 0 spiro atoms. The Labute approximate surface area is 182 Å². The lowest BCUT2D eigenvalue weighted by Crippen LogP contribution is -2.34. The third-order valence-electron chi connectivity index (χ3n) is 4.78. The lowest BCUT2D eigenvalue weighted by atomic mass is 10.1. The molecule has 0 aromatic carbocycles. The fraction of sp³-hybridized carbons (Fsp3) is 0.333. The van der Waals surface area contributed by atoms with E-state index in [1.54, 1.807) is 12.1 Å². The number of fused-ring (bicyclic) bond motifs is 2. The van der Waals surface area contributed by atoms with Crippen LogP contribution in [0.3, 0.4) is 0 Å². The predicted octanol–water partition coefficient (Wildman–Crippen LogP) is -2.51. The summed E-state index contributed by atoms with van der Waals surface area (Å²) in [6.07, 6.45) is -3.00. The normalized spacial score (nSPS) is 24.9. The molecule has 4 aromatic rings. The summed E-state index contributed by atoms with van der Waals surface area (Å²) in [6.45, 7) is -0.654. The van der Waals surface area contributed by atoms with E-state index in [9.17, 15) is 24.8 Å². The number of anilines is 1. The molecule has 4 aromatic heterocycles. The van der Waals surface area contributed by atoms with E-state index in [0.29, 0.717) is 10.4 Å². The van der Waals surface area contributed by atoms with E-state index in [2.05, 4.69) is 30.2 Å². The first-order valence-electron chi connectivity index (χ1n) is 9.26. The number of hydrogen-bond donors (Lipinski definition) is 4. The van der Waals surface area contributed by atoms with Gasteiger partial charge in [-0.25, -0.2) is 19.5 Å². The molecule has 1 fully saturated rings. The molecule has 17 nitrogen and oxygen atoms in total. The van der Waals surface area contributed by atoms with Gasteiger partial charge in [0.15, 0.2) is 11.9 Å². The number of nitrogens with two attached hydrogens (primary N) is 1. The Bertz CT molecular complexity index is 1380. The molecule has 33 heavy (non-hydrogen) atoms. The highest BCUT2D eigenvalue weighted by Gasteiger charge is 2.45. The Morgan fingerprint density at radius 1 is 1.24 bits per heavy atom. The standard InChI is InChI=1S/C15H16N9O8P/c16-15-19-12-8(13(27)20-15)18-5-23(12)14-10(26)9(25)7(31-14)4-30-33(28,29)32-24-11-6(21-22-24)2-1-3-17-11/h1-3,5,7,9-10,14,25-26H,4H2,(H,28,29)(H3,16,19,20,27)/p-1/t7-,9-,10-,14-/m1/s1. The van der Waals surface area contributed by atoms with Gasteiger partial charge < -0.3 is 25.8 Å². The van der Waals surface area contributed by atoms with Crippen LogP contribution in [0.4, 0.5) is 5.95 Å². The largest absolute Gasteiger partial charge is 0.857 e. The number of nitrogens with zero attached hydrogens (tertiary/aromatic N) is 8. The average molecular weight is 480 g/mol. The number of aliphatic hydroxyl groups excluding tert-OH is 2. The van der Waals surface area contributed by atoms with Gasteiger partial charge in [-0.05, 0) is 22.2 Å². The molecule has 0 saturated carbocycles. The monoisotopic (exact) mass is 480 g/mol. The molecule has 1 aliphatic heterocycles. The molecule has 5 rings (SSSR count). The molecule has 174 valence electrons. The van der Waals surface area contributed by atoms with Gasteiger partial charge in [0.2, 0.25) is 11.6 Å². The second-order valence-corrected chi connectivity index (χ2v) is 8.27. The van der Waals surface area contributed by atoms with E-state index in [4.69, 9.17) is 19.6 Å². The highest BCUT2D eigenvalue weighted by Crippen LogP contribution is 2.41. The topological polar surface area (TPSA) is 242 Å². The van der Waals surface area contributed by atoms with E-state index < -0.39 is 44.8 Å². The Balaban J connectivity index is 1.30. The molecular weight excluding hydrogens is 465 g/mol. The molecule has 0 bridgehead atoms. The average Bonchev–Trinajstić information content (AvgIpc) is 3.44. The zero-order valence-electron chi connectivity index (χ0n) is 16.3. The van der Waals surface area contributed by atoms with Gasteiger partial charge in [-0.15, -0.1) is 5.10 Å². The maximum atomic E-state index is 12.3. The summed E-state index contributed by atoms with van der Waals surface area (Å²) in [5.74, 6) is -1.03. The minimum absolute atomic E-state index is 0.0213. The summed E-state index contributed by atoms with van der Waals surface area (Å²) in [6, 6.07) is 3.16. The van der Waals surface area contributed by atoms with Crippen molar-refractivity contribution in [3.8, 4) is 5.88 Å². The summed E-state index contributed by atoms with van der Waals surface area (Å²) < 4.78 is 28.9. The van der Waals surface area contributed by atoms with Crippen molar-refractivity contribution < 1.29 is 38.7 Å². The van der Waals surface area contributed by atoms with E-state index in [-0.39, 0.29) is 22.8 Å². The number of aliphatic hydroxyl groups is 2. The molecule has 18 heteroatoms. The first-order chi connectivity index (χ1) is 15.7. The van der Waals surface area contributed by atoms with Crippen molar-refractivity contribution in [3.05, 3.63) is 24.7 Å². The second kappa shape index (κ2) is 7.84. The number of hydrogen-bond acceptors (Lipinski definition) is 14. The van der Waals surface area contributed by atoms with Crippen LogP contribution in [0, 0.1) is 0 Å². The van der Waals surface area contributed by atoms with Crippen LogP contribution in [0.15, 0.2) is 24.7 Å². The predicted molar refractivity (Wildman–Crippen MR) is 103 cm³/mol. The molecule has 0 amide bonds. The Morgan fingerprint density at radius 2 is 2.06 bits per heavy atom. The third kappa shape index (κ3) is 3.82. The van der Waals surface area contributed by atoms with Gasteiger partial charge in [0.1, 0.15) is 29.3 Å². The van der Waals surface area contributed by atoms with E-state index in [1.165, 1.54) is 10.8 Å². The maximum Gasteiger partial charge on any atom is 0.548 e. The molecule has 5 atom stereocenters. The van der Waals surface area contributed by atoms with Gasteiger partial charge in [-0.1, -0.05) is 0 Å². The van der Waals surface area contributed by atoms with Crippen molar-refractivity contribution in [1.82, 2.24) is 39.7 Å². The van der Waals surface area contributed by atoms with Crippen LogP contribution in [0.2, 0.25) is 0 Å². The number of rotatable bonds is 6. The van der Waals surface area contributed by atoms with Crippen LogP contribution < -0.4 is 15.5 Å². The van der Waals surface area contributed by atoms with Crippen LogP contribution in [0.1, 0.15) is 6.23 Å². The summed E-state index contributed by atoms with van der Waals surface area (Å²) >= 11 is 0. The van der Waals surface area contributed by atoms with Crippen molar-refractivity contribution in [1.29, 1.82) is 0 Å². The van der Waals surface area contributed by atoms with E-state index in [0.717, 1.165) is 6.33 Å². The fourth-order valence-electron chi connectivity index (χ4n) is 3.28. The van der Waals surface area contributed by atoms with Crippen molar-refractivity contribution in [3.63, 3.8) is 0 Å². The van der Waals surface area contributed by atoms with Crippen LogP contribution >= 0.6 is 7.82 Å². The number of nitrogen functional groups attached to an aromatic ring is 1. The minimum atomic E-state index is -4.77. The van der Waals surface area contributed by atoms with E-state index >= 15 is 0 Å². The molecule has 5 N–H and O–H groups in total. The van der Waals surface area contributed by atoms with Gasteiger partial charge in [0.05, 0.1) is 12.9 Å². The van der Waals surface area contributed by atoms with Gasteiger partial charge in [0.25, 0.3) is 0 Å². The minimum Gasteiger partial charge on any atom is -0.857 e. The summed E-state index contributed by atoms with van der Waals surface area (Å²) in [7, 11) is -4.77. The number of aromatic nitrogens is 8. The first-order valence-corrected chi connectivity index (χ1v) is 10.8. The summed E-state index contributed by atoms with van der Waals surface area (Å²) in [5, 5.41) is 40.0. The molecule has 0 radical (unpaired) electrons. The summed E-state index contributed by atoms with van der Waals surface area (Å²) in [5.41, 5.74) is 5.76. The highest BCUT2D eigenvalue weighted by atomic mass is 31.2. The maximum absolute atomic E-state index is 12.3. The van der Waals surface area contributed by atoms with Gasteiger partial charge in [0, 0.05) is 12.1 Å². The first kappa shape index (κ1) is 21.4. The molecule has 1 aliphatic rings. The number of pyridine rings is 1. The zero-order chi connectivity index (χ0) is 23.3. The number of imidazole rings is 1. The van der Waals surface area contributed by atoms with Crippen LogP contribution in [0.25, 0.3) is 22.3 Å². The smallest absolute Gasteiger partial charge is 0.548 e. The van der Waals surface area contributed by atoms with Gasteiger partial charge in [-0.3, -0.25) is 18.6 Å². The number of ether oxygens (including phenoxy) is 1. The van der Waals surface area contributed by atoms with Crippen LogP contribution in [0.5, 0.6) is 5.88 Å². The van der Waals surface area contributed by atoms with Crippen molar-refractivity contribution in [2.75, 3.05) is 12.3 Å². The number of phosphoric acid groups is 1. The highest BCUT2D eigenvalue weighted by molar-refractivity contribution is 7.47. The van der Waals surface area contributed by atoms with Crippen LogP contribution in [-0.2, 0) is 13.8 Å². The van der Waals surface area contributed by atoms with Crippen molar-refractivity contribution in [2.24, 2.45) is 0 Å². The van der Waals surface area contributed by atoms with Gasteiger partial charge in [-0.2, -0.15) is 4.98 Å². The van der Waals surface area contributed by atoms with Crippen LogP contribution in [-0.4, -0.2) is 79.7 Å². The molecule has 5 heterocycles. The molecule has 1 saturated heterocycles. The molecule has 1 unspecified atom stereocenters. The Hall–Kier alpha value is -3.47. The molecular formula is C15H15N9O8P-. The summed E-state index contributed by atoms with van der Waals surface area (Å²) in [4.78, 5) is 25.9. The molecule has 0 aliphatic carbocycles. The van der Waals surface area contributed by atoms with Crippen molar-refractivity contribution >= 4 is 36.1 Å². The fourth-order valence-corrected chi connectivity index (χ4v) is 3.97. The Kier molecular flexibility index (Phi) is 5.08. The Morgan fingerprint density at radius 3 is 2.88 bits per heavy atom. The lowest BCUT2D eigenvalue weighted by molar-refractivity contribution is -0.272. The lowest BCUT2D eigenvalue weighted by Gasteiger charge is -2.17. The quantitative estimate of drug-likeness (QED) is 0.208.